The number of allylic oxidation sites excluding steroid dienone is 1. The van der Waals surface area contributed by atoms with Crippen molar-refractivity contribution in [3.63, 3.8) is 0 Å². The van der Waals surface area contributed by atoms with E-state index in [-0.39, 0.29) is 35.4 Å². The summed E-state index contributed by atoms with van der Waals surface area (Å²) >= 11 is 1.63. The molecule has 4 aliphatic heterocycles. The number of carbonyl (C=O) groups is 1. The summed E-state index contributed by atoms with van der Waals surface area (Å²) in [5.74, 6) is 0.685. The fourth-order valence-corrected chi connectivity index (χ4v) is 6.50. The van der Waals surface area contributed by atoms with Crippen molar-refractivity contribution in [2.75, 3.05) is 31.9 Å². The van der Waals surface area contributed by atoms with E-state index >= 15 is 0 Å². The van der Waals surface area contributed by atoms with Crippen molar-refractivity contribution < 1.29 is 14.3 Å². The third-order valence-electron chi connectivity index (χ3n) is 7.30. The maximum absolute atomic E-state index is 14.8. The third-order valence-corrected chi connectivity index (χ3v) is 8.55. The Hall–Kier alpha value is -2.60. The first-order chi connectivity index (χ1) is 16.9. The van der Waals surface area contributed by atoms with Crippen molar-refractivity contribution in [1.29, 1.82) is 0 Å². The second-order valence-corrected chi connectivity index (χ2v) is 10.9. The van der Waals surface area contributed by atoms with Gasteiger partial charge in [0.1, 0.15) is 17.3 Å². The van der Waals surface area contributed by atoms with Gasteiger partial charge in [-0.3, -0.25) is 19.5 Å². The van der Waals surface area contributed by atoms with Gasteiger partial charge in [-0.15, -0.1) is 11.8 Å². The number of fused-ring (bicyclic) bond motifs is 1. The summed E-state index contributed by atoms with van der Waals surface area (Å²) in [4.78, 5) is 34.9. The number of aromatic nitrogens is 2. The number of likely N-dealkylation sites (tertiary alicyclic amines) is 1. The Labute approximate surface area is 205 Å². The first-order valence-corrected chi connectivity index (χ1v) is 13.0. The highest BCUT2D eigenvalue weighted by Gasteiger charge is 2.43. The number of carbonyl (C=O) groups excluding carboxylic acids is 1. The molecule has 2 aromatic heterocycles. The van der Waals surface area contributed by atoms with Crippen molar-refractivity contribution in [3.8, 4) is 0 Å². The van der Waals surface area contributed by atoms with Crippen LogP contribution in [0.3, 0.4) is 0 Å². The van der Waals surface area contributed by atoms with Crippen LogP contribution in [0.5, 0.6) is 0 Å². The number of pyridine rings is 2. The summed E-state index contributed by atoms with van der Waals surface area (Å²) in [6, 6.07) is 3.30. The van der Waals surface area contributed by atoms with Gasteiger partial charge in [0.2, 0.25) is 5.91 Å². The molecule has 11 heteroatoms. The summed E-state index contributed by atoms with van der Waals surface area (Å²) in [6.07, 6.45) is 5.91. The Bertz CT molecular complexity index is 1320. The quantitative estimate of drug-likeness (QED) is 0.557. The molecule has 2 fully saturated rings. The lowest BCUT2D eigenvalue weighted by Crippen LogP contribution is -2.49. The standard InChI is InChI=1S/C24H27FN6O3S/c25-16-10-27-17-2-4-20(33)31-13-24(34,21(16)22(17)31)12-30-7-5-14(6-8-30)26-9-15-1-3-18-23(28-15)29-19(32)11-35-18/h1-2,4,10,14,18,26,34H,3,5-9,11-13H2,(H,28,29,32)/t18-,24+/m0/s1. The summed E-state index contributed by atoms with van der Waals surface area (Å²) in [7, 11) is 0. The molecule has 9 nitrogen and oxygen atoms in total. The van der Waals surface area contributed by atoms with Gasteiger partial charge in [0.05, 0.1) is 46.0 Å². The van der Waals surface area contributed by atoms with Crippen LogP contribution in [0.2, 0.25) is 0 Å². The molecule has 3 N–H and O–H groups in total. The fourth-order valence-electron chi connectivity index (χ4n) is 5.57. The maximum atomic E-state index is 14.8. The molecule has 6 heterocycles. The highest BCUT2D eigenvalue weighted by Crippen LogP contribution is 2.38. The smallest absolute Gasteiger partial charge is 0.251 e. The zero-order valence-corrected chi connectivity index (χ0v) is 20.0. The second kappa shape index (κ2) is 8.81. The summed E-state index contributed by atoms with van der Waals surface area (Å²) < 4.78 is 16.2. The number of nitrogens with one attached hydrogen (secondary N) is 2. The zero-order valence-electron chi connectivity index (χ0n) is 19.2. The normalized spacial score (nSPS) is 26.9. The molecule has 0 radical (unpaired) electrons. The number of piperidine rings is 1. The van der Waals surface area contributed by atoms with Crippen molar-refractivity contribution in [2.24, 2.45) is 4.99 Å². The lowest BCUT2D eigenvalue weighted by atomic mass is 9.93. The summed E-state index contributed by atoms with van der Waals surface area (Å²) in [5, 5.41) is 18.2. The van der Waals surface area contributed by atoms with Gasteiger partial charge >= 0.3 is 0 Å². The van der Waals surface area contributed by atoms with Crippen LogP contribution in [0.25, 0.3) is 11.0 Å². The number of hydrogen-bond donors (Lipinski definition) is 3. The molecule has 0 spiro atoms. The van der Waals surface area contributed by atoms with Crippen molar-refractivity contribution in [3.05, 3.63) is 51.8 Å². The van der Waals surface area contributed by atoms with E-state index < -0.39 is 11.4 Å². The van der Waals surface area contributed by atoms with Crippen molar-refractivity contribution in [1.82, 2.24) is 25.1 Å². The SMILES string of the molecule is O=C1CS[C@H]2CC=C(CNC3CCN(C[C@@]4(O)Cn5c(=O)ccc6ncc(F)c4c65)CC3)N=C2N1. The number of halogens is 1. The van der Waals surface area contributed by atoms with E-state index in [0.29, 0.717) is 29.4 Å². The number of aliphatic hydroxyl groups is 1. The van der Waals surface area contributed by atoms with E-state index in [1.165, 1.54) is 10.6 Å². The maximum Gasteiger partial charge on any atom is 0.251 e. The van der Waals surface area contributed by atoms with Gasteiger partial charge in [-0.2, -0.15) is 0 Å². The molecule has 0 unspecified atom stereocenters. The molecular weight excluding hydrogens is 471 g/mol. The average molecular weight is 499 g/mol. The van der Waals surface area contributed by atoms with Crippen molar-refractivity contribution >= 4 is 34.5 Å². The molecule has 35 heavy (non-hydrogen) atoms. The number of amidine groups is 1. The van der Waals surface area contributed by atoms with E-state index in [2.05, 4.69) is 31.6 Å². The predicted molar refractivity (Wildman–Crippen MR) is 132 cm³/mol. The van der Waals surface area contributed by atoms with Crippen LogP contribution in [0.15, 0.2) is 39.9 Å². The Morgan fingerprint density at radius 3 is 2.94 bits per heavy atom. The number of rotatable bonds is 5. The fraction of sp³-hybridized carbons (Fsp3) is 0.500. The largest absolute Gasteiger partial charge is 0.382 e. The van der Waals surface area contributed by atoms with Gasteiger partial charge in [0, 0.05) is 25.2 Å². The Morgan fingerprint density at radius 1 is 1.29 bits per heavy atom. The highest BCUT2D eigenvalue weighted by atomic mass is 32.2. The van der Waals surface area contributed by atoms with E-state index in [1.807, 2.05) is 0 Å². The number of nitrogens with zero attached hydrogens (tertiary/aromatic N) is 4. The number of aliphatic imine (C=N–C) groups is 1. The molecule has 4 aliphatic rings. The summed E-state index contributed by atoms with van der Waals surface area (Å²) in [5.41, 5.74) is 0.300. The van der Waals surface area contributed by atoms with Crippen LogP contribution in [0.4, 0.5) is 4.39 Å². The van der Waals surface area contributed by atoms with Crippen LogP contribution in [0.1, 0.15) is 24.8 Å². The van der Waals surface area contributed by atoms with Crippen LogP contribution >= 0.6 is 11.8 Å². The van der Waals surface area contributed by atoms with Crippen LogP contribution < -0.4 is 16.2 Å². The minimum absolute atomic E-state index is 0.0100. The average Bonchev–Trinajstić information content (AvgIpc) is 3.17. The van der Waals surface area contributed by atoms with Gasteiger partial charge in [-0.05, 0) is 38.4 Å². The molecule has 184 valence electrons. The molecule has 0 saturated carbocycles. The van der Waals surface area contributed by atoms with Crippen molar-refractivity contribution in [2.45, 2.75) is 42.7 Å². The highest BCUT2D eigenvalue weighted by molar-refractivity contribution is 8.01. The lowest BCUT2D eigenvalue weighted by molar-refractivity contribution is -0.117. The van der Waals surface area contributed by atoms with E-state index in [9.17, 15) is 19.1 Å². The molecule has 2 aromatic rings. The van der Waals surface area contributed by atoms with E-state index in [4.69, 9.17) is 0 Å². The van der Waals surface area contributed by atoms with Gasteiger partial charge in [-0.1, -0.05) is 6.08 Å². The Kier molecular flexibility index (Phi) is 5.75. The third kappa shape index (κ3) is 4.20. The van der Waals surface area contributed by atoms with Crippen LogP contribution in [-0.2, 0) is 16.9 Å². The minimum atomic E-state index is -1.47. The molecular formula is C24H27FN6O3S. The molecule has 0 aromatic carbocycles. The number of β-amino-alcohol motifs (C(OH)–C–C–N with tert-alkyl or cyclic N) is 1. The Balaban J connectivity index is 1.07. The lowest BCUT2D eigenvalue weighted by Gasteiger charge is -2.37. The predicted octanol–water partition coefficient (Wildman–Crippen LogP) is 0.709. The zero-order chi connectivity index (χ0) is 24.2. The number of hydrogen-bond acceptors (Lipinski definition) is 8. The molecule has 6 rings (SSSR count). The molecule has 1 amide bonds. The number of thioether (sulfide) groups is 1. The van der Waals surface area contributed by atoms with Gasteiger partial charge in [0.15, 0.2) is 0 Å². The van der Waals surface area contributed by atoms with Gasteiger partial charge in [0.25, 0.3) is 5.56 Å². The Morgan fingerprint density at radius 2 is 2.11 bits per heavy atom. The van der Waals surface area contributed by atoms with E-state index in [1.54, 1.807) is 17.8 Å². The number of amides is 1. The molecule has 2 atom stereocenters. The molecule has 0 aliphatic carbocycles. The monoisotopic (exact) mass is 498 g/mol. The first kappa shape index (κ1) is 22.8. The molecule has 2 saturated heterocycles. The molecule has 0 bridgehead atoms. The second-order valence-electron chi connectivity index (χ2n) is 9.71. The minimum Gasteiger partial charge on any atom is -0.382 e. The first-order valence-electron chi connectivity index (χ1n) is 12.0. The van der Waals surface area contributed by atoms with Gasteiger partial charge in [-0.25, -0.2) is 9.38 Å². The summed E-state index contributed by atoms with van der Waals surface area (Å²) in [6.45, 7) is 2.44. The van der Waals surface area contributed by atoms with Crippen LogP contribution in [0, 0.1) is 5.82 Å². The topological polar surface area (TPSA) is 112 Å². The van der Waals surface area contributed by atoms with Crippen LogP contribution in [-0.4, -0.2) is 74.5 Å². The van der Waals surface area contributed by atoms with Gasteiger partial charge < -0.3 is 20.3 Å². The van der Waals surface area contributed by atoms with E-state index in [0.717, 1.165) is 50.1 Å².